The van der Waals surface area contributed by atoms with Gasteiger partial charge < -0.3 is 35.4 Å². The molecule has 0 aliphatic rings. The molecular formula is C26H25N3O6. The van der Waals surface area contributed by atoms with Crippen molar-refractivity contribution in [3.63, 3.8) is 0 Å². The van der Waals surface area contributed by atoms with Crippen LogP contribution in [0, 0.1) is 0 Å². The Morgan fingerprint density at radius 3 is 2.40 bits per heavy atom. The van der Waals surface area contributed by atoms with Crippen LogP contribution in [-0.4, -0.2) is 43.3 Å². The highest BCUT2D eigenvalue weighted by Gasteiger charge is 2.13. The molecule has 4 aromatic rings. The van der Waals surface area contributed by atoms with Crippen LogP contribution in [0.15, 0.2) is 77.2 Å². The summed E-state index contributed by atoms with van der Waals surface area (Å²) in [5.74, 6) is 0.678. The molecule has 0 fully saturated rings. The van der Waals surface area contributed by atoms with E-state index in [0.29, 0.717) is 34.0 Å². The Morgan fingerprint density at radius 2 is 1.63 bits per heavy atom. The van der Waals surface area contributed by atoms with Crippen LogP contribution < -0.4 is 25.8 Å². The molecule has 35 heavy (non-hydrogen) atoms. The lowest BCUT2D eigenvalue weighted by molar-refractivity contribution is 0.0920. The number of benzene rings is 3. The number of amides is 2. The average molecular weight is 476 g/mol. The summed E-state index contributed by atoms with van der Waals surface area (Å²) >= 11 is 0. The molecule has 4 rings (SSSR count). The highest BCUT2D eigenvalue weighted by molar-refractivity contribution is 6.05. The number of anilines is 2. The van der Waals surface area contributed by atoms with E-state index in [4.69, 9.17) is 24.7 Å². The summed E-state index contributed by atoms with van der Waals surface area (Å²) in [4.78, 5) is 24.8. The SMILES string of the molecule is Nc1ccccc1NC(=O)c1ccc(OCCNC(=O)c2cc3cc(OCCO)ccc3o2)cc1. The van der Waals surface area contributed by atoms with E-state index < -0.39 is 0 Å². The van der Waals surface area contributed by atoms with Gasteiger partial charge in [0, 0.05) is 10.9 Å². The molecule has 0 radical (unpaired) electrons. The van der Waals surface area contributed by atoms with Gasteiger partial charge in [-0.25, -0.2) is 0 Å². The highest BCUT2D eigenvalue weighted by Crippen LogP contribution is 2.24. The summed E-state index contributed by atoms with van der Waals surface area (Å²) in [5, 5.41) is 15.1. The molecule has 0 saturated heterocycles. The van der Waals surface area contributed by atoms with E-state index in [1.807, 2.05) is 0 Å². The van der Waals surface area contributed by atoms with E-state index in [0.717, 1.165) is 5.39 Å². The molecule has 180 valence electrons. The molecule has 0 atom stereocenters. The lowest BCUT2D eigenvalue weighted by Crippen LogP contribution is -2.27. The van der Waals surface area contributed by atoms with Crippen LogP contribution in [0.5, 0.6) is 11.5 Å². The van der Waals surface area contributed by atoms with Crippen LogP contribution in [0.4, 0.5) is 11.4 Å². The van der Waals surface area contributed by atoms with Crippen LogP contribution in [0.2, 0.25) is 0 Å². The highest BCUT2D eigenvalue weighted by atomic mass is 16.5. The predicted octanol–water partition coefficient (Wildman–Crippen LogP) is 3.45. The Kier molecular flexibility index (Phi) is 7.49. The molecule has 0 bridgehead atoms. The van der Waals surface area contributed by atoms with Crippen molar-refractivity contribution in [2.75, 3.05) is 37.4 Å². The van der Waals surface area contributed by atoms with Crippen molar-refractivity contribution in [2.45, 2.75) is 0 Å². The van der Waals surface area contributed by atoms with Crippen molar-refractivity contribution in [1.82, 2.24) is 5.32 Å². The normalized spacial score (nSPS) is 10.7. The first-order valence-electron chi connectivity index (χ1n) is 11.0. The second-order valence-electron chi connectivity index (χ2n) is 7.55. The zero-order chi connectivity index (χ0) is 24.6. The molecule has 0 aliphatic carbocycles. The van der Waals surface area contributed by atoms with Gasteiger partial charge in [0.15, 0.2) is 5.76 Å². The van der Waals surface area contributed by atoms with E-state index >= 15 is 0 Å². The fourth-order valence-corrected chi connectivity index (χ4v) is 3.32. The number of rotatable bonds is 10. The third-order valence-electron chi connectivity index (χ3n) is 5.05. The molecule has 5 N–H and O–H groups in total. The lowest BCUT2D eigenvalue weighted by atomic mass is 10.2. The quantitative estimate of drug-likeness (QED) is 0.204. The number of carbonyl (C=O) groups is 2. The zero-order valence-electron chi connectivity index (χ0n) is 18.8. The molecule has 0 saturated carbocycles. The summed E-state index contributed by atoms with van der Waals surface area (Å²) in [7, 11) is 0. The first kappa shape index (κ1) is 23.7. The van der Waals surface area contributed by atoms with Crippen LogP contribution >= 0.6 is 0 Å². The summed E-state index contributed by atoms with van der Waals surface area (Å²) in [6, 6.07) is 20.5. The van der Waals surface area contributed by atoms with Crippen LogP contribution in [0.1, 0.15) is 20.9 Å². The van der Waals surface area contributed by atoms with Gasteiger partial charge >= 0.3 is 0 Å². The minimum absolute atomic E-state index is 0.0809. The number of aliphatic hydroxyl groups is 1. The molecule has 3 aromatic carbocycles. The van der Waals surface area contributed by atoms with Crippen molar-refractivity contribution >= 4 is 34.2 Å². The molecule has 1 aromatic heterocycles. The maximum atomic E-state index is 12.4. The van der Waals surface area contributed by atoms with Gasteiger partial charge in [-0.1, -0.05) is 12.1 Å². The van der Waals surface area contributed by atoms with Crippen molar-refractivity contribution in [3.8, 4) is 11.5 Å². The van der Waals surface area contributed by atoms with Crippen molar-refractivity contribution in [2.24, 2.45) is 0 Å². The Balaban J connectivity index is 1.24. The number of fused-ring (bicyclic) bond motifs is 1. The summed E-state index contributed by atoms with van der Waals surface area (Å²) in [5.41, 5.74) is 7.91. The summed E-state index contributed by atoms with van der Waals surface area (Å²) < 4.78 is 16.6. The summed E-state index contributed by atoms with van der Waals surface area (Å²) in [6.45, 7) is 0.603. The Bertz CT molecular complexity index is 1320. The van der Waals surface area contributed by atoms with Gasteiger partial charge in [0.1, 0.15) is 30.3 Å². The van der Waals surface area contributed by atoms with Crippen molar-refractivity contribution in [3.05, 3.63) is 84.1 Å². The molecule has 0 unspecified atom stereocenters. The van der Waals surface area contributed by atoms with Crippen molar-refractivity contribution < 1.29 is 28.6 Å². The predicted molar refractivity (Wildman–Crippen MR) is 132 cm³/mol. The molecule has 9 nitrogen and oxygen atoms in total. The number of nitrogen functional groups attached to an aromatic ring is 1. The number of nitrogens with one attached hydrogen (secondary N) is 2. The number of furan rings is 1. The Hall–Kier alpha value is -4.50. The minimum Gasteiger partial charge on any atom is -0.492 e. The molecule has 9 heteroatoms. The molecule has 1 heterocycles. The Labute approximate surface area is 201 Å². The number of ether oxygens (including phenoxy) is 2. The number of hydrogen-bond acceptors (Lipinski definition) is 7. The number of para-hydroxylation sites is 2. The van der Waals surface area contributed by atoms with Gasteiger partial charge in [-0.3, -0.25) is 9.59 Å². The number of hydrogen-bond donors (Lipinski definition) is 4. The van der Waals surface area contributed by atoms with Crippen LogP contribution in [-0.2, 0) is 0 Å². The van der Waals surface area contributed by atoms with Crippen LogP contribution in [0.25, 0.3) is 11.0 Å². The first-order chi connectivity index (χ1) is 17.0. The number of carbonyl (C=O) groups excluding carboxylic acids is 2. The van der Waals surface area contributed by atoms with E-state index in [9.17, 15) is 9.59 Å². The monoisotopic (exact) mass is 475 g/mol. The zero-order valence-corrected chi connectivity index (χ0v) is 18.8. The van der Waals surface area contributed by atoms with Gasteiger partial charge in [-0.15, -0.1) is 0 Å². The lowest BCUT2D eigenvalue weighted by Gasteiger charge is -2.09. The molecular weight excluding hydrogens is 450 g/mol. The fourth-order valence-electron chi connectivity index (χ4n) is 3.32. The first-order valence-corrected chi connectivity index (χ1v) is 11.0. The van der Waals surface area contributed by atoms with E-state index in [1.54, 1.807) is 72.8 Å². The second kappa shape index (κ2) is 11.1. The van der Waals surface area contributed by atoms with Crippen LogP contribution in [0.3, 0.4) is 0 Å². The van der Waals surface area contributed by atoms with E-state index in [-0.39, 0.29) is 43.9 Å². The van der Waals surface area contributed by atoms with E-state index in [1.165, 1.54) is 0 Å². The maximum absolute atomic E-state index is 12.4. The van der Waals surface area contributed by atoms with Gasteiger partial charge in [0.2, 0.25) is 0 Å². The third kappa shape index (κ3) is 6.10. The van der Waals surface area contributed by atoms with Gasteiger partial charge in [0.05, 0.1) is 24.5 Å². The number of aliphatic hydroxyl groups excluding tert-OH is 1. The largest absolute Gasteiger partial charge is 0.492 e. The van der Waals surface area contributed by atoms with Crippen molar-refractivity contribution in [1.29, 1.82) is 0 Å². The summed E-state index contributed by atoms with van der Waals surface area (Å²) in [6.07, 6.45) is 0. The van der Waals surface area contributed by atoms with Gasteiger partial charge in [-0.2, -0.15) is 0 Å². The third-order valence-corrected chi connectivity index (χ3v) is 5.05. The minimum atomic E-state index is -0.366. The topological polar surface area (TPSA) is 136 Å². The van der Waals surface area contributed by atoms with Gasteiger partial charge in [-0.05, 0) is 60.7 Å². The molecule has 2 amide bonds. The van der Waals surface area contributed by atoms with E-state index in [2.05, 4.69) is 10.6 Å². The molecule has 0 spiro atoms. The maximum Gasteiger partial charge on any atom is 0.287 e. The Morgan fingerprint density at radius 1 is 0.886 bits per heavy atom. The standard InChI is InChI=1S/C26H25N3O6/c27-21-3-1-2-4-22(21)29-25(31)17-5-7-19(8-6-17)33-13-11-28-26(32)24-16-18-15-20(34-14-12-30)9-10-23(18)35-24/h1-10,15-16,30H,11-14,27H2,(H,28,32)(H,29,31). The fraction of sp³-hybridized carbons (Fsp3) is 0.154. The molecule has 0 aliphatic heterocycles. The number of nitrogens with two attached hydrogens (primary N) is 1. The van der Waals surface area contributed by atoms with Gasteiger partial charge in [0.25, 0.3) is 11.8 Å². The smallest absolute Gasteiger partial charge is 0.287 e. The second-order valence-corrected chi connectivity index (χ2v) is 7.55. The average Bonchev–Trinajstić information content (AvgIpc) is 3.30.